The van der Waals surface area contributed by atoms with E-state index in [-0.39, 0.29) is 0 Å². The lowest BCUT2D eigenvalue weighted by Gasteiger charge is -2.20. The maximum atomic E-state index is 2.28. The van der Waals surface area contributed by atoms with E-state index in [9.17, 15) is 0 Å². The largest absolute Gasteiger partial charge is 0.378 e. The van der Waals surface area contributed by atoms with E-state index in [1.807, 2.05) is 0 Å². The molecule has 0 saturated heterocycles. The molecule has 1 radical (unpaired) electrons. The summed E-state index contributed by atoms with van der Waals surface area (Å²) in [6.07, 6.45) is 7.78. The SMILES string of the molecule is CN(C)C1=CC[CH]C(c2ccc(N(C)C)cc2)=C1. The zero-order valence-corrected chi connectivity index (χ0v) is 11.6. The van der Waals surface area contributed by atoms with Gasteiger partial charge in [0.25, 0.3) is 0 Å². The first kappa shape index (κ1) is 12.7. The molecule has 2 rings (SSSR count). The quantitative estimate of drug-likeness (QED) is 0.802. The second kappa shape index (κ2) is 5.30. The minimum Gasteiger partial charge on any atom is -0.378 e. The molecular formula is C16H21N2. The van der Waals surface area contributed by atoms with E-state index >= 15 is 0 Å². The van der Waals surface area contributed by atoms with Gasteiger partial charge in [-0.15, -0.1) is 0 Å². The van der Waals surface area contributed by atoms with Crippen molar-refractivity contribution >= 4 is 11.3 Å². The smallest absolute Gasteiger partial charge is 0.0361 e. The average molecular weight is 241 g/mol. The van der Waals surface area contributed by atoms with Gasteiger partial charge in [0, 0.05) is 39.6 Å². The molecule has 1 aliphatic rings. The summed E-state index contributed by atoms with van der Waals surface area (Å²) in [5.41, 5.74) is 5.11. The maximum Gasteiger partial charge on any atom is 0.0361 e. The standard InChI is InChI=1S/C16H21N2/c1-17(2)15-10-8-13(9-11-15)14-6-5-7-16(12-14)18(3)4/h6-12H,5H2,1-4H3. The number of likely N-dealkylation sites (N-methyl/N-ethyl adjacent to an activating group) is 1. The summed E-state index contributed by atoms with van der Waals surface area (Å²) in [4.78, 5) is 4.27. The van der Waals surface area contributed by atoms with Crippen molar-refractivity contribution in [3.63, 3.8) is 0 Å². The van der Waals surface area contributed by atoms with Crippen LogP contribution in [0.4, 0.5) is 5.69 Å². The zero-order valence-electron chi connectivity index (χ0n) is 11.6. The van der Waals surface area contributed by atoms with Crippen LogP contribution in [0.25, 0.3) is 5.57 Å². The van der Waals surface area contributed by atoms with E-state index in [0.717, 1.165) is 6.42 Å². The minimum absolute atomic E-state index is 1.01. The summed E-state index contributed by atoms with van der Waals surface area (Å²) in [6.45, 7) is 0. The van der Waals surface area contributed by atoms with Gasteiger partial charge in [0.05, 0.1) is 0 Å². The topological polar surface area (TPSA) is 6.48 Å². The van der Waals surface area contributed by atoms with Gasteiger partial charge in [-0.3, -0.25) is 0 Å². The summed E-state index contributed by atoms with van der Waals surface area (Å²) in [6, 6.07) is 8.71. The van der Waals surface area contributed by atoms with E-state index in [4.69, 9.17) is 0 Å². The van der Waals surface area contributed by atoms with Gasteiger partial charge in [0.1, 0.15) is 0 Å². The van der Waals surface area contributed by atoms with Crippen LogP contribution in [-0.4, -0.2) is 33.1 Å². The Labute approximate surface area is 110 Å². The summed E-state index contributed by atoms with van der Waals surface area (Å²) in [7, 11) is 8.29. The molecule has 1 aromatic carbocycles. The first-order valence-corrected chi connectivity index (χ1v) is 6.28. The van der Waals surface area contributed by atoms with Crippen LogP contribution < -0.4 is 4.90 Å². The predicted molar refractivity (Wildman–Crippen MR) is 79.4 cm³/mol. The fourth-order valence-electron chi connectivity index (χ4n) is 2.05. The van der Waals surface area contributed by atoms with Crippen LogP contribution in [0.5, 0.6) is 0 Å². The molecule has 2 heteroatoms. The Morgan fingerprint density at radius 1 is 0.889 bits per heavy atom. The van der Waals surface area contributed by atoms with E-state index in [1.165, 1.54) is 22.5 Å². The molecule has 0 amide bonds. The molecule has 0 spiro atoms. The lowest BCUT2D eigenvalue weighted by molar-refractivity contribution is 0.526. The van der Waals surface area contributed by atoms with Gasteiger partial charge in [0.15, 0.2) is 0 Å². The second-order valence-electron chi connectivity index (χ2n) is 5.00. The molecule has 0 fully saturated rings. The molecular weight excluding hydrogens is 220 g/mol. The van der Waals surface area contributed by atoms with Crippen molar-refractivity contribution in [1.29, 1.82) is 0 Å². The first-order chi connectivity index (χ1) is 8.58. The molecule has 0 aliphatic heterocycles. The Bertz CT molecular complexity index is 464. The summed E-state index contributed by atoms with van der Waals surface area (Å²) < 4.78 is 0. The number of nitrogens with zero attached hydrogens (tertiary/aromatic N) is 2. The fourth-order valence-corrected chi connectivity index (χ4v) is 2.05. The zero-order chi connectivity index (χ0) is 13.1. The summed E-state index contributed by atoms with van der Waals surface area (Å²) in [5.74, 6) is 0. The number of anilines is 1. The minimum atomic E-state index is 1.01. The molecule has 0 unspecified atom stereocenters. The molecule has 0 aromatic heterocycles. The predicted octanol–water partition coefficient (Wildman–Crippen LogP) is 3.19. The van der Waals surface area contributed by atoms with Crippen molar-refractivity contribution in [2.75, 3.05) is 33.1 Å². The molecule has 0 heterocycles. The Morgan fingerprint density at radius 2 is 1.56 bits per heavy atom. The third-order valence-electron chi connectivity index (χ3n) is 3.20. The van der Waals surface area contributed by atoms with Crippen LogP contribution in [-0.2, 0) is 0 Å². The van der Waals surface area contributed by atoms with Gasteiger partial charge >= 0.3 is 0 Å². The van der Waals surface area contributed by atoms with Gasteiger partial charge in [-0.2, -0.15) is 0 Å². The highest BCUT2D eigenvalue weighted by Crippen LogP contribution is 2.27. The van der Waals surface area contributed by atoms with Crippen LogP contribution in [0, 0.1) is 6.42 Å². The molecule has 0 N–H and O–H groups in total. The number of allylic oxidation sites excluding steroid dienone is 3. The highest BCUT2D eigenvalue weighted by Gasteiger charge is 2.09. The van der Waals surface area contributed by atoms with Crippen molar-refractivity contribution in [3.8, 4) is 0 Å². The highest BCUT2D eigenvalue weighted by atomic mass is 15.1. The summed E-state index contributed by atoms with van der Waals surface area (Å²) in [5, 5.41) is 0. The first-order valence-electron chi connectivity index (χ1n) is 6.28. The van der Waals surface area contributed by atoms with Gasteiger partial charge < -0.3 is 9.80 Å². The van der Waals surface area contributed by atoms with Gasteiger partial charge in [-0.1, -0.05) is 18.2 Å². The van der Waals surface area contributed by atoms with Gasteiger partial charge in [-0.05, 0) is 42.2 Å². The van der Waals surface area contributed by atoms with Crippen molar-refractivity contribution in [2.24, 2.45) is 0 Å². The Balaban J connectivity index is 2.24. The maximum absolute atomic E-state index is 2.28. The average Bonchev–Trinajstić information content (AvgIpc) is 2.39. The molecule has 2 nitrogen and oxygen atoms in total. The third kappa shape index (κ3) is 2.76. The molecule has 0 saturated carbocycles. The number of hydrogen-bond donors (Lipinski definition) is 0. The molecule has 0 atom stereocenters. The number of hydrogen-bond acceptors (Lipinski definition) is 2. The molecule has 1 aromatic rings. The van der Waals surface area contributed by atoms with Crippen LogP contribution in [0.2, 0.25) is 0 Å². The molecule has 0 bridgehead atoms. The lowest BCUT2D eigenvalue weighted by atomic mass is 9.95. The van der Waals surface area contributed by atoms with E-state index in [1.54, 1.807) is 0 Å². The van der Waals surface area contributed by atoms with E-state index in [0.29, 0.717) is 0 Å². The van der Waals surface area contributed by atoms with Crippen LogP contribution >= 0.6 is 0 Å². The fraction of sp³-hybridized carbons (Fsp3) is 0.312. The van der Waals surface area contributed by atoms with Crippen molar-refractivity contribution < 1.29 is 0 Å². The number of rotatable bonds is 3. The molecule has 18 heavy (non-hydrogen) atoms. The van der Waals surface area contributed by atoms with Crippen molar-refractivity contribution in [3.05, 3.63) is 54.1 Å². The Morgan fingerprint density at radius 3 is 2.11 bits per heavy atom. The van der Waals surface area contributed by atoms with Crippen LogP contribution in [0.15, 0.2) is 42.1 Å². The molecule has 95 valence electrons. The normalized spacial score (nSPS) is 14.9. The van der Waals surface area contributed by atoms with E-state index in [2.05, 4.69) is 80.8 Å². The van der Waals surface area contributed by atoms with Crippen LogP contribution in [0.1, 0.15) is 12.0 Å². The van der Waals surface area contributed by atoms with Crippen molar-refractivity contribution in [2.45, 2.75) is 6.42 Å². The number of benzene rings is 1. The van der Waals surface area contributed by atoms with Crippen LogP contribution in [0.3, 0.4) is 0 Å². The lowest BCUT2D eigenvalue weighted by Crippen LogP contribution is -2.11. The van der Waals surface area contributed by atoms with E-state index < -0.39 is 0 Å². The Kier molecular flexibility index (Phi) is 3.75. The highest BCUT2D eigenvalue weighted by molar-refractivity contribution is 5.76. The van der Waals surface area contributed by atoms with Gasteiger partial charge in [0.2, 0.25) is 0 Å². The van der Waals surface area contributed by atoms with Crippen molar-refractivity contribution in [1.82, 2.24) is 4.90 Å². The Hall–Kier alpha value is -1.70. The molecule has 1 aliphatic carbocycles. The van der Waals surface area contributed by atoms with Gasteiger partial charge in [-0.25, -0.2) is 0 Å². The monoisotopic (exact) mass is 241 g/mol. The second-order valence-corrected chi connectivity index (χ2v) is 5.00. The summed E-state index contributed by atoms with van der Waals surface area (Å²) >= 11 is 0. The third-order valence-corrected chi connectivity index (χ3v) is 3.20.